The molecule has 19 heavy (non-hydrogen) atoms. The first-order valence-electron chi connectivity index (χ1n) is 5.45. The fourth-order valence-corrected chi connectivity index (χ4v) is 1.84. The van der Waals surface area contributed by atoms with Crippen molar-refractivity contribution in [2.24, 2.45) is 0 Å². The lowest BCUT2D eigenvalue weighted by Gasteiger charge is -2.30. The van der Waals surface area contributed by atoms with Gasteiger partial charge < -0.3 is 14.9 Å². The fourth-order valence-electron chi connectivity index (χ4n) is 1.57. The highest BCUT2D eigenvalue weighted by Crippen LogP contribution is 2.26. The smallest absolute Gasteiger partial charge is 0.395 e. The van der Waals surface area contributed by atoms with E-state index in [0.717, 1.165) is 4.47 Å². The second-order valence-electron chi connectivity index (χ2n) is 4.21. The molecule has 7 heteroatoms. The number of rotatable bonds is 6. The Kier molecular flexibility index (Phi) is 5.79. The van der Waals surface area contributed by atoms with Gasteiger partial charge in [-0.3, -0.25) is 0 Å². The van der Waals surface area contributed by atoms with Crippen molar-refractivity contribution >= 4 is 15.9 Å². The molecule has 2 N–H and O–H groups in total. The Labute approximate surface area is 117 Å². The molecule has 1 rings (SSSR count). The molecule has 0 saturated carbocycles. The van der Waals surface area contributed by atoms with Gasteiger partial charge in [-0.1, -0.05) is 28.1 Å². The molecular weight excluding hydrogens is 329 g/mol. The second-order valence-corrected chi connectivity index (χ2v) is 5.13. The maximum Gasteiger partial charge on any atom is 0.411 e. The Morgan fingerprint density at radius 1 is 1.00 bits per heavy atom. The lowest BCUT2D eigenvalue weighted by Crippen LogP contribution is -2.40. The number of alkyl halides is 3. The first-order chi connectivity index (χ1) is 8.83. The van der Waals surface area contributed by atoms with Crippen LogP contribution in [0.25, 0.3) is 0 Å². The maximum atomic E-state index is 12.0. The molecule has 0 saturated heterocycles. The minimum atomic E-state index is -4.43. The molecule has 3 nitrogen and oxygen atoms in total. The Morgan fingerprint density at radius 3 is 1.95 bits per heavy atom. The van der Waals surface area contributed by atoms with Crippen molar-refractivity contribution in [2.75, 3.05) is 26.4 Å². The van der Waals surface area contributed by atoms with Crippen LogP contribution in [0.3, 0.4) is 0 Å². The molecule has 0 amide bonds. The van der Waals surface area contributed by atoms with E-state index in [-0.39, 0.29) is 0 Å². The first-order valence-corrected chi connectivity index (χ1v) is 6.24. The number of hydrogen-bond acceptors (Lipinski definition) is 3. The molecule has 0 aliphatic rings. The summed E-state index contributed by atoms with van der Waals surface area (Å²) in [6, 6.07) is 6.60. The summed E-state index contributed by atoms with van der Waals surface area (Å²) in [5, 5.41) is 18.8. The molecule has 0 aliphatic heterocycles. The molecule has 1 aromatic carbocycles. The van der Waals surface area contributed by atoms with Crippen molar-refractivity contribution in [3.8, 4) is 0 Å². The molecule has 108 valence electrons. The summed E-state index contributed by atoms with van der Waals surface area (Å²) < 4.78 is 41.5. The Balaban J connectivity index is 2.82. The molecular formula is C12H14BrF3O3. The van der Waals surface area contributed by atoms with Crippen LogP contribution >= 0.6 is 15.9 Å². The van der Waals surface area contributed by atoms with Crippen molar-refractivity contribution in [2.45, 2.75) is 11.6 Å². The van der Waals surface area contributed by atoms with Crippen LogP contribution in [0.4, 0.5) is 13.2 Å². The lowest BCUT2D eigenvalue weighted by molar-refractivity contribution is -0.180. The van der Waals surface area contributed by atoms with Gasteiger partial charge in [0.05, 0.1) is 25.2 Å². The first kappa shape index (κ1) is 16.4. The number of aliphatic hydroxyl groups is 2. The van der Waals surface area contributed by atoms with Gasteiger partial charge in [0, 0.05) is 4.47 Å². The normalized spacial score (nSPS) is 12.7. The number of ether oxygens (including phenoxy) is 1. The quantitative estimate of drug-likeness (QED) is 0.833. The highest BCUT2D eigenvalue weighted by molar-refractivity contribution is 9.10. The predicted octanol–water partition coefficient (Wildman–Crippen LogP) is 2.25. The zero-order valence-corrected chi connectivity index (χ0v) is 11.5. The van der Waals surface area contributed by atoms with Gasteiger partial charge in [0.1, 0.15) is 6.61 Å². The molecule has 1 aromatic rings. The van der Waals surface area contributed by atoms with Gasteiger partial charge >= 0.3 is 6.18 Å². The van der Waals surface area contributed by atoms with Gasteiger partial charge in [-0.2, -0.15) is 13.2 Å². The summed E-state index contributed by atoms with van der Waals surface area (Å²) in [4.78, 5) is 0. The van der Waals surface area contributed by atoms with Crippen LogP contribution in [0.15, 0.2) is 28.7 Å². The molecule has 0 radical (unpaired) electrons. The van der Waals surface area contributed by atoms with Gasteiger partial charge in [-0.05, 0) is 17.7 Å². The fraction of sp³-hybridized carbons (Fsp3) is 0.500. The Hall–Kier alpha value is -0.630. The zero-order valence-electron chi connectivity index (χ0n) is 9.95. The number of hydrogen-bond donors (Lipinski definition) is 2. The molecule has 0 atom stereocenters. The highest BCUT2D eigenvalue weighted by Gasteiger charge is 2.34. The van der Waals surface area contributed by atoms with E-state index in [2.05, 4.69) is 20.7 Å². The average molecular weight is 343 g/mol. The summed E-state index contributed by atoms with van der Waals surface area (Å²) in [5.41, 5.74) is -0.728. The van der Waals surface area contributed by atoms with E-state index in [9.17, 15) is 23.4 Å². The number of benzene rings is 1. The van der Waals surface area contributed by atoms with Crippen LogP contribution in [0.1, 0.15) is 5.56 Å². The van der Waals surface area contributed by atoms with Crippen LogP contribution in [-0.2, 0) is 10.2 Å². The molecule has 0 fully saturated rings. The van der Waals surface area contributed by atoms with Crippen LogP contribution in [-0.4, -0.2) is 42.8 Å². The summed E-state index contributed by atoms with van der Waals surface area (Å²) in [5.74, 6) is 0. The van der Waals surface area contributed by atoms with Crippen molar-refractivity contribution in [1.29, 1.82) is 0 Å². The third kappa shape index (κ3) is 4.76. The monoisotopic (exact) mass is 342 g/mol. The minimum absolute atomic E-state index is 0.416. The van der Waals surface area contributed by atoms with E-state index in [1.165, 1.54) is 0 Å². The minimum Gasteiger partial charge on any atom is -0.395 e. The van der Waals surface area contributed by atoms with Crippen molar-refractivity contribution in [1.82, 2.24) is 0 Å². The second kappa shape index (κ2) is 6.69. The Morgan fingerprint density at radius 2 is 1.53 bits per heavy atom. The van der Waals surface area contributed by atoms with Crippen LogP contribution in [0.2, 0.25) is 0 Å². The standard InChI is InChI=1S/C12H14BrF3O3/c13-10-3-1-9(2-4-10)11(5-17,6-18)7-19-8-12(14,15)16/h1-4,17-18H,5-8H2. The van der Waals surface area contributed by atoms with Crippen LogP contribution in [0.5, 0.6) is 0 Å². The molecule has 0 aliphatic carbocycles. The van der Waals surface area contributed by atoms with Gasteiger partial charge in [-0.25, -0.2) is 0 Å². The van der Waals surface area contributed by atoms with Gasteiger partial charge in [0.2, 0.25) is 0 Å². The van der Waals surface area contributed by atoms with Crippen molar-refractivity contribution in [3.05, 3.63) is 34.3 Å². The Bertz CT molecular complexity index is 388. The maximum absolute atomic E-state index is 12.0. The summed E-state index contributed by atoms with van der Waals surface area (Å²) >= 11 is 3.23. The van der Waals surface area contributed by atoms with Crippen LogP contribution in [0, 0.1) is 0 Å². The molecule has 0 heterocycles. The topological polar surface area (TPSA) is 49.7 Å². The number of aliphatic hydroxyl groups excluding tert-OH is 2. The van der Waals surface area contributed by atoms with Gasteiger partial charge in [0.25, 0.3) is 0 Å². The average Bonchev–Trinajstić information content (AvgIpc) is 2.35. The van der Waals surface area contributed by atoms with Gasteiger partial charge in [0.15, 0.2) is 0 Å². The van der Waals surface area contributed by atoms with Crippen molar-refractivity contribution in [3.63, 3.8) is 0 Å². The van der Waals surface area contributed by atoms with E-state index in [1.54, 1.807) is 24.3 Å². The van der Waals surface area contributed by atoms with Crippen LogP contribution < -0.4 is 0 Å². The van der Waals surface area contributed by atoms with Gasteiger partial charge in [-0.15, -0.1) is 0 Å². The summed E-state index contributed by atoms with van der Waals surface area (Å²) in [6.07, 6.45) is -4.43. The molecule has 0 bridgehead atoms. The van der Waals surface area contributed by atoms with E-state index in [4.69, 9.17) is 0 Å². The third-order valence-electron chi connectivity index (χ3n) is 2.71. The SMILES string of the molecule is OCC(CO)(COCC(F)(F)F)c1ccc(Br)cc1. The number of halogens is 4. The molecule has 0 unspecified atom stereocenters. The van der Waals surface area contributed by atoms with E-state index in [0.29, 0.717) is 5.56 Å². The highest BCUT2D eigenvalue weighted by atomic mass is 79.9. The summed E-state index contributed by atoms with van der Waals surface area (Å²) in [6.45, 7) is -2.85. The lowest BCUT2D eigenvalue weighted by atomic mass is 9.83. The predicted molar refractivity (Wildman–Crippen MR) is 66.9 cm³/mol. The van der Waals surface area contributed by atoms with E-state index < -0.39 is 38.0 Å². The third-order valence-corrected chi connectivity index (χ3v) is 3.23. The molecule has 0 spiro atoms. The van der Waals surface area contributed by atoms with E-state index >= 15 is 0 Å². The largest absolute Gasteiger partial charge is 0.411 e. The van der Waals surface area contributed by atoms with E-state index in [1.807, 2.05) is 0 Å². The van der Waals surface area contributed by atoms with Crippen molar-refractivity contribution < 1.29 is 28.1 Å². The summed E-state index contributed by atoms with van der Waals surface area (Å²) in [7, 11) is 0. The molecule has 0 aromatic heterocycles. The zero-order chi connectivity index (χ0) is 14.5.